The number of carbonyl (C=O) groups is 3. The second-order valence-corrected chi connectivity index (χ2v) is 3.98. The molecule has 1 aliphatic heterocycles. The Kier molecular flexibility index (Phi) is 4.28. The number of nitrogens with one attached hydrogen (secondary N) is 1. The van der Waals surface area contributed by atoms with Gasteiger partial charge in [0.1, 0.15) is 0 Å². The van der Waals surface area contributed by atoms with Crippen molar-refractivity contribution in [1.29, 1.82) is 0 Å². The maximum Gasteiger partial charge on any atom is 0.223 e. The van der Waals surface area contributed by atoms with Crippen LogP contribution in [0.5, 0.6) is 0 Å². The quantitative estimate of drug-likeness (QED) is 0.581. The predicted molar refractivity (Wildman–Crippen MR) is 57.2 cm³/mol. The molecule has 1 fully saturated rings. The van der Waals surface area contributed by atoms with Crippen molar-refractivity contribution in [2.75, 3.05) is 19.6 Å². The van der Waals surface area contributed by atoms with E-state index < -0.39 is 5.91 Å². The van der Waals surface area contributed by atoms with Crippen LogP contribution in [0, 0.1) is 5.92 Å². The fraction of sp³-hybridized carbons (Fsp3) is 0.700. The summed E-state index contributed by atoms with van der Waals surface area (Å²) in [5.41, 5.74) is 5.14. The van der Waals surface area contributed by atoms with Gasteiger partial charge in [0.05, 0.1) is 5.92 Å². The highest BCUT2D eigenvalue weighted by atomic mass is 16.2. The lowest BCUT2D eigenvalue weighted by atomic mass is 10.1. The number of nitrogens with two attached hydrogens (primary N) is 1. The van der Waals surface area contributed by atoms with Crippen molar-refractivity contribution < 1.29 is 14.4 Å². The summed E-state index contributed by atoms with van der Waals surface area (Å²) >= 11 is 0. The Bertz CT molecular complexity index is 304. The molecule has 16 heavy (non-hydrogen) atoms. The Labute approximate surface area is 94.2 Å². The Morgan fingerprint density at radius 2 is 2.25 bits per heavy atom. The van der Waals surface area contributed by atoms with Crippen LogP contribution < -0.4 is 11.1 Å². The molecule has 3 N–H and O–H groups in total. The SMILES string of the molecule is CC(=O)NCCCN1CC(C(N)=O)CC1=O. The van der Waals surface area contributed by atoms with E-state index in [0.29, 0.717) is 26.1 Å². The van der Waals surface area contributed by atoms with Crippen LogP contribution in [0.1, 0.15) is 19.8 Å². The molecule has 1 unspecified atom stereocenters. The summed E-state index contributed by atoms with van der Waals surface area (Å²) in [5.74, 6) is -0.889. The summed E-state index contributed by atoms with van der Waals surface area (Å²) in [4.78, 5) is 34.6. The van der Waals surface area contributed by atoms with E-state index in [9.17, 15) is 14.4 Å². The van der Waals surface area contributed by atoms with E-state index in [-0.39, 0.29) is 24.2 Å². The van der Waals surface area contributed by atoms with Crippen molar-refractivity contribution in [1.82, 2.24) is 10.2 Å². The molecule has 1 atom stereocenters. The lowest BCUT2D eigenvalue weighted by molar-refractivity contribution is -0.128. The third-order valence-electron chi connectivity index (χ3n) is 2.60. The number of hydrogen-bond acceptors (Lipinski definition) is 3. The van der Waals surface area contributed by atoms with E-state index in [1.807, 2.05) is 0 Å². The molecular formula is C10H17N3O3. The first-order chi connectivity index (χ1) is 7.50. The summed E-state index contributed by atoms with van der Waals surface area (Å²) in [6.45, 7) is 2.96. The van der Waals surface area contributed by atoms with Crippen LogP contribution in [0.4, 0.5) is 0 Å². The number of nitrogens with zero attached hydrogens (tertiary/aromatic N) is 1. The minimum Gasteiger partial charge on any atom is -0.369 e. The molecule has 0 aromatic carbocycles. The van der Waals surface area contributed by atoms with E-state index in [4.69, 9.17) is 5.73 Å². The molecule has 0 radical (unpaired) electrons. The minimum atomic E-state index is -0.419. The van der Waals surface area contributed by atoms with Gasteiger partial charge in [-0.3, -0.25) is 14.4 Å². The molecule has 0 aliphatic carbocycles. The Morgan fingerprint density at radius 3 is 2.75 bits per heavy atom. The van der Waals surface area contributed by atoms with Gasteiger partial charge in [0.25, 0.3) is 0 Å². The van der Waals surface area contributed by atoms with Crippen molar-refractivity contribution in [3.8, 4) is 0 Å². The van der Waals surface area contributed by atoms with Gasteiger partial charge in [-0.2, -0.15) is 0 Å². The molecule has 6 heteroatoms. The van der Waals surface area contributed by atoms with E-state index in [1.54, 1.807) is 4.90 Å². The van der Waals surface area contributed by atoms with Gasteiger partial charge >= 0.3 is 0 Å². The molecule has 1 heterocycles. The van der Waals surface area contributed by atoms with E-state index in [0.717, 1.165) is 0 Å². The van der Waals surface area contributed by atoms with E-state index in [2.05, 4.69) is 5.32 Å². The normalized spacial score (nSPS) is 19.9. The third kappa shape index (κ3) is 3.52. The molecule has 6 nitrogen and oxygen atoms in total. The topological polar surface area (TPSA) is 92.5 Å². The fourth-order valence-corrected chi connectivity index (χ4v) is 1.71. The van der Waals surface area contributed by atoms with Gasteiger partial charge in [-0.15, -0.1) is 0 Å². The minimum absolute atomic E-state index is 0.0355. The number of primary amides is 1. The summed E-state index contributed by atoms with van der Waals surface area (Å²) in [6.07, 6.45) is 0.909. The molecule has 1 aliphatic rings. The smallest absolute Gasteiger partial charge is 0.223 e. The van der Waals surface area contributed by atoms with Gasteiger partial charge in [0, 0.05) is 33.0 Å². The second kappa shape index (κ2) is 5.48. The molecule has 0 saturated carbocycles. The van der Waals surface area contributed by atoms with Crippen LogP contribution in [0.15, 0.2) is 0 Å². The average molecular weight is 227 g/mol. The van der Waals surface area contributed by atoms with Crippen LogP contribution in [-0.2, 0) is 14.4 Å². The Hall–Kier alpha value is -1.59. The third-order valence-corrected chi connectivity index (χ3v) is 2.60. The molecule has 90 valence electrons. The number of rotatable bonds is 5. The molecule has 0 spiro atoms. The molecule has 1 rings (SSSR count). The molecular weight excluding hydrogens is 210 g/mol. The van der Waals surface area contributed by atoms with Gasteiger partial charge in [0.2, 0.25) is 17.7 Å². The lowest BCUT2D eigenvalue weighted by Crippen LogP contribution is -2.31. The van der Waals surface area contributed by atoms with Crippen LogP contribution >= 0.6 is 0 Å². The highest BCUT2D eigenvalue weighted by Gasteiger charge is 2.32. The highest BCUT2D eigenvalue weighted by molar-refractivity contribution is 5.88. The van der Waals surface area contributed by atoms with Gasteiger partial charge in [-0.05, 0) is 6.42 Å². The fourth-order valence-electron chi connectivity index (χ4n) is 1.71. The maximum atomic E-state index is 11.4. The lowest BCUT2D eigenvalue weighted by Gasteiger charge is -2.15. The van der Waals surface area contributed by atoms with Crippen molar-refractivity contribution in [3.63, 3.8) is 0 Å². The molecule has 3 amide bonds. The number of hydrogen-bond donors (Lipinski definition) is 2. The van der Waals surface area contributed by atoms with Gasteiger partial charge in [-0.25, -0.2) is 0 Å². The summed E-state index contributed by atoms with van der Waals surface area (Å²) in [6, 6.07) is 0. The first-order valence-electron chi connectivity index (χ1n) is 5.32. The number of carbonyl (C=O) groups excluding carboxylic acids is 3. The van der Waals surface area contributed by atoms with Crippen molar-refractivity contribution in [2.45, 2.75) is 19.8 Å². The zero-order valence-electron chi connectivity index (χ0n) is 9.36. The van der Waals surface area contributed by atoms with E-state index in [1.165, 1.54) is 6.92 Å². The van der Waals surface area contributed by atoms with Crippen LogP contribution in [-0.4, -0.2) is 42.3 Å². The summed E-state index contributed by atoms with van der Waals surface area (Å²) in [5, 5.41) is 2.65. The highest BCUT2D eigenvalue weighted by Crippen LogP contribution is 2.17. The average Bonchev–Trinajstić information content (AvgIpc) is 2.55. The number of amides is 3. The molecule has 0 bridgehead atoms. The van der Waals surface area contributed by atoms with E-state index >= 15 is 0 Å². The predicted octanol–water partition coefficient (Wildman–Crippen LogP) is -1.15. The second-order valence-electron chi connectivity index (χ2n) is 3.98. The largest absolute Gasteiger partial charge is 0.369 e. The van der Waals surface area contributed by atoms with Crippen molar-refractivity contribution in [2.24, 2.45) is 11.7 Å². The maximum absolute atomic E-state index is 11.4. The van der Waals surface area contributed by atoms with Crippen LogP contribution in [0.2, 0.25) is 0 Å². The Balaban J connectivity index is 2.25. The standard InChI is InChI=1S/C10H17N3O3/c1-7(14)12-3-2-4-13-6-8(10(11)16)5-9(13)15/h8H,2-6H2,1H3,(H2,11,16)(H,12,14). The Morgan fingerprint density at radius 1 is 1.56 bits per heavy atom. The first-order valence-corrected chi connectivity index (χ1v) is 5.32. The molecule has 0 aromatic rings. The van der Waals surface area contributed by atoms with Crippen molar-refractivity contribution >= 4 is 17.7 Å². The van der Waals surface area contributed by atoms with Gasteiger partial charge in [-0.1, -0.05) is 0 Å². The summed E-state index contributed by atoms with van der Waals surface area (Å²) < 4.78 is 0. The zero-order chi connectivity index (χ0) is 12.1. The summed E-state index contributed by atoms with van der Waals surface area (Å²) in [7, 11) is 0. The number of likely N-dealkylation sites (tertiary alicyclic amines) is 1. The van der Waals surface area contributed by atoms with Gasteiger partial charge < -0.3 is 16.0 Å². The van der Waals surface area contributed by atoms with Crippen LogP contribution in [0.25, 0.3) is 0 Å². The van der Waals surface area contributed by atoms with Crippen molar-refractivity contribution in [3.05, 3.63) is 0 Å². The molecule has 1 saturated heterocycles. The zero-order valence-corrected chi connectivity index (χ0v) is 9.36. The van der Waals surface area contributed by atoms with Crippen LogP contribution in [0.3, 0.4) is 0 Å². The first kappa shape index (κ1) is 12.5. The van der Waals surface area contributed by atoms with Gasteiger partial charge in [0.15, 0.2) is 0 Å². The monoisotopic (exact) mass is 227 g/mol. The molecule has 0 aromatic heterocycles.